The van der Waals surface area contributed by atoms with Crippen LogP contribution in [-0.4, -0.2) is 64.6 Å². The molecule has 2 rings (SSSR count). The molecule has 0 saturated carbocycles. The molecular weight excluding hydrogens is 274 g/mol. The zero-order valence-electron chi connectivity index (χ0n) is 12.4. The minimum atomic E-state index is -0.560. The average Bonchev–Trinajstić information content (AvgIpc) is 2.51. The number of aromatic nitrogens is 2. The summed E-state index contributed by atoms with van der Waals surface area (Å²) in [5.41, 5.74) is -1.06. The Labute approximate surface area is 122 Å². The van der Waals surface area contributed by atoms with Crippen LogP contribution in [0.15, 0.2) is 14.6 Å². The van der Waals surface area contributed by atoms with Crippen molar-refractivity contribution in [1.82, 2.24) is 19.4 Å². The first-order valence-corrected chi connectivity index (χ1v) is 6.94. The Morgan fingerprint density at radius 2 is 1.90 bits per heavy atom. The smallest absolute Gasteiger partial charge is 0.333 e. The highest BCUT2D eigenvalue weighted by Crippen LogP contribution is 2.05. The van der Waals surface area contributed by atoms with Crippen molar-refractivity contribution < 1.29 is 5.11 Å². The Morgan fingerprint density at radius 1 is 1.24 bits per heavy atom. The summed E-state index contributed by atoms with van der Waals surface area (Å²) >= 11 is 0. The zero-order chi connectivity index (χ0) is 15.4. The number of nitrogens with one attached hydrogen (secondary N) is 1. The topological polar surface area (TPSA) is 91.9 Å². The number of nitrogens with zero attached hydrogens (tertiary/aromatic N) is 4. The van der Waals surface area contributed by atoms with E-state index >= 15 is 0 Å². The number of piperazine rings is 1. The van der Waals surface area contributed by atoms with Crippen LogP contribution in [-0.2, 0) is 14.1 Å². The molecule has 0 unspecified atom stereocenters. The lowest BCUT2D eigenvalue weighted by atomic mass is 10.3. The lowest BCUT2D eigenvalue weighted by molar-refractivity contribution is 0.248. The standard InChI is InChI=1S/C13H21N5O3/c1-16-11(19)10(12(20)17(2)13(16)21)9-15-5-8-18-6-3-14-4-7-18/h9,14,19H,3-8H2,1-2H3. The lowest BCUT2D eigenvalue weighted by Crippen LogP contribution is -2.44. The van der Waals surface area contributed by atoms with Gasteiger partial charge in [-0.05, 0) is 0 Å². The molecule has 1 saturated heterocycles. The predicted octanol–water partition coefficient (Wildman–Crippen LogP) is -1.89. The highest BCUT2D eigenvalue weighted by atomic mass is 16.3. The molecule has 1 aromatic rings. The summed E-state index contributed by atoms with van der Waals surface area (Å²) < 4.78 is 1.98. The molecular formula is C13H21N5O3. The van der Waals surface area contributed by atoms with Crippen LogP contribution in [0.2, 0.25) is 0 Å². The average molecular weight is 295 g/mol. The summed E-state index contributed by atoms with van der Waals surface area (Å²) in [6.07, 6.45) is 1.35. The molecule has 2 heterocycles. The second-order valence-corrected chi connectivity index (χ2v) is 5.07. The summed E-state index contributed by atoms with van der Waals surface area (Å²) in [5.74, 6) is -0.353. The van der Waals surface area contributed by atoms with Gasteiger partial charge in [-0.15, -0.1) is 0 Å². The molecule has 0 spiro atoms. The molecule has 1 aliphatic rings. The maximum absolute atomic E-state index is 11.9. The van der Waals surface area contributed by atoms with Crippen LogP contribution in [0.25, 0.3) is 0 Å². The molecule has 2 N–H and O–H groups in total. The molecule has 21 heavy (non-hydrogen) atoms. The van der Waals surface area contributed by atoms with Crippen molar-refractivity contribution >= 4 is 6.21 Å². The quantitative estimate of drug-likeness (QED) is 0.634. The van der Waals surface area contributed by atoms with E-state index in [2.05, 4.69) is 15.2 Å². The van der Waals surface area contributed by atoms with E-state index in [0.29, 0.717) is 6.54 Å². The maximum atomic E-state index is 11.9. The van der Waals surface area contributed by atoms with Crippen molar-refractivity contribution in [3.05, 3.63) is 26.4 Å². The predicted molar refractivity (Wildman–Crippen MR) is 80.4 cm³/mol. The van der Waals surface area contributed by atoms with E-state index in [9.17, 15) is 14.7 Å². The van der Waals surface area contributed by atoms with E-state index in [-0.39, 0.29) is 11.4 Å². The lowest BCUT2D eigenvalue weighted by Gasteiger charge is -2.26. The van der Waals surface area contributed by atoms with Gasteiger partial charge in [0.1, 0.15) is 5.56 Å². The first-order chi connectivity index (χ1) is 10.0. The van der Waals surface area contributed by atoms with Crippen LogP contribution in [0.5, 0.6) is 5.88 Å². The van der Waals surface area contributed by atoms with Crippen LogP contribution in [0.1, 0.15) is 5.56 Å². The molecule has 0 aromatic carbocycles. The third kappa shape index (κ3) is 3.40. The van der Waals surface area contributed by atoms with Crippen molar-refractivity contribution in [3.63, 3.8) is 0 Å². The van der Waals surface area contributed by atoms with Gasteiger partial charge in [-0.3, -0.25) is 23.8 Å². The van der Waals surface area contributed by atoms with Crippen molar-refractivity contribution in [2.45, 2.75) is 0 Å². The molecule has 0 aliphatic carbocycles. The summed E-state index contributed by atoms with van der Waals surface area (Å²) in [6, 6.07) is 0. The fourth-order valence-electron chi connectivity index (χ4n) is 2.26. The minimum absolute atomic E-state index is 0.0416. The summed E-state index contributed by atoms with van der Waals surface area (Å²) in [5, 5.41) is 13.1. The first-order valence-electron chi connectivity index (χ1n) is 6.94. The summed E-state index contributed by atoms with van der Waals surface area (Å²) in [6.45, 7) is 5.29. The molecule has 0 amide bonds. The van der Waals surface area contributed by atoms with Gasteiger partial charge in [0.25, 0.3) is 5.56 Å². The fraction of sp³-hybridized carbons (Fsp3) is 0.615. The Balaban J connectivity index is 2.07. The Kier molecular flexibility index (Phi) is 4.92. The normalized spacial score (nSPS) is 16.7. The van der Waals surface area contributed by atoms with Crippen LogP contribution in [0.3, 0.4) is 0 Å². The molecule has 8 nitrogen and oxygen atoms in total. The van der Waals surface area contributed by atoms with E-state index in [0.717, 1.165) is 41.9 Å². The van der Waals surface area contributed by atoms with Crippen molar-refractivity contribution in [2.75, 3.05) is 39.3 Å². The zero-order valence-corrected chi connectivity index (χ0v) is 12.4. The first kappa shape index (κ1) is 15.5. The Morgan fingerprint density at radius 3 is 2.57 bits per heavy atom. The molecule has 116 valence electrons. The van der Waals surface area contributed by atoms with Gasteiger partial charge < -0.3 is 10.4 Å². The second kappa shape index (κ2) is 6.68. The molecule has 1 aliphatic heterocycles. The fourth-order valence-corrected chi connectivity index (χ4v) is 2.26. The largest absolute Gasteiger partial charge is 0.494 e. The summed E-state index contributed by atoms with van der Waals surface area (Å²) in [4.78, 5) is 30.0. The molecule has 0 radical (unpaired) electrons. The molecule has 1 aromatic heterocycles. The van der Waals surface area contributed by atoms with Crippen LogP contribution >= 0.6 is 0 Å². The van der Waals surface area contributed by atoms with Gasteiger partial charge >= 0.3 is 5.69 Å². The van der Waals surface area contributed by atoms with E-state index < -0.39 is 11.2 Å². The van der Waals surface area contributed by atoms with Gasteiger partial charge in [0.15, 0.2) is 0 Å². The number of aromatic hydroxyl groups is 1. The number of aliphatic imine (C=N–C) groups is 1. The van der Waals surface area contributed by atoms with Crippen molar-refractivity contribution in [2.24, 2.45) is 19.1 Å². The SMILES string of the molecule is Cn1c(O)c(C=NCCN2CCNCC2)c(=O)n(C)c1=O. The minimum Gasteiger partial charge on any atom is -0.494 e. The molecule has 0 atom stereocenters. The number of hydrogen-bond donors (Lipinski definition) is 2. The highest BCUT2D eigenvalue weighted by molar-refractivity contribution is 5.81. The van der Waals surface area contributed by atoms with Crippen LogP contribution in [0.4, 0.5) is 0 Å². The Hall–Kier alpha value is -1.93. The van der Waals surface area contributed by atoms with Crippen LogP contribution in [0, 0.1) is 0 Å². The number of hydrogen-bond acceptors (Lipinski definition) is 6. The molecule has 8 heteroatoms. The van der Waals surface area contributed by atoms with E-state index in [1.807, 2.05) is 0 Å². The third-order valence-corrected chi connectivity index (χ3v) is 3.64. The van der Waals surface area contributed by atoms with E-state index in [1.165, 1.54) is 20.3 Å². The second-order valence-electron chi connectivity index (χ2n) is 5.07. The van der Waals surface area contributed by atoms with Gasteiger partial charge in [0.2, 0.25) is 5.88 Å². The molecule has 1 fully saturated rings. The van der Waals surface area contributed by atoms with Gasteiger partial charge in [0, 0.05) is 53.0 Å². The summed E-state index contributed by atoms with van der Waals surface area (Å²) in [7, 11) is 2.79. The highest BCUT2D eigenvalue weighted by Gasteiger charge is 2.13. The Bertz CT molecular complexity index is 640. The van der Waals surface area contributed by atoms with Crippen molar-refractivity contribution in [3.8, 4) is 5.88 Å². The monoisotopic (exact) mass is 295 g/mol. The molecule has 0 bridgehead atoms. The van der Waals surface area contributed by atoms with Crippen LogP contribution < -0.4 is 16.6 Å². The van der Waals surface area contributed by atoms with Gasteiger partial charge in [-0.25, -0.2) is 4.79 Å². The van der Waals surface area contributed by atoms with Crippen molar-refractivity contribution in [1.29, 1.82) is 0 Å². The third-order valence-electron chi connectivity index (χ3n) is 3.64. The number of rotatable bonds is 4. The maximum Gasteiger partial charge on any atom is 0.333 e. The van der Waals surface area contributed by atoms with Gasteiger partial charge in [0.05, 0.1) is 6.54 Å². The van der Waals surface area contributed by atoms with E-state index in [4.69, 9.17) is 0 Å². The van der Waals surface area contributed by atoms with E-state index in [1.54, 1.807) is 0 Å². The van der Waals surface area contributed by atoms with Gasteiger partial charge in [-0.2, -0.15) is 0 Å². The van der Waals surface area contributed by atoms with Gasteiger partial charge in [-0.1, -0.05) is 0 Å².